The first-order valence-corrected chi connectivity index (χ1v) is 7.45. The number of methoxy groups -OCH3 is 1. The van der Waals surface area contributed by atoms with Gasteiger partial charge in [0.2, 0.25) is 11.9 Å². The van der Waals surface area contributed by atoms with Gasteiger partial charge >= 0.3 is 6.01 Å². The van der Waals surface area contributed by atoms with E-state index in [-0.39, 0.29) is 6.01 Å². The highest BCUT2D eigenvalue weighted by Gasteiger charge is 2.28. The van der Waals surface area contributed by atoms with Gasteiger partial charge in [-0.3, -0.25) is 5.43 Å². The van der Waals surface area contributed by atoms with Crippen LogP contribution in [0.1, 0.15) is 40.0 Å². The summed E-state index contributed by atoms with van der Waals surface area (Å²) in [5.74, 6) is 7.08. The van der Waals surface area contributed by atoms with Crippen molar-refractivity contribution in [2.75, 3.05) is 30.5 Å². The highest BCUT2D eigenvalue weighted by Crippen LogP contribution is 2.34. The first-order valence-electron chi connectivity index (χ1n) is 7.45. The second-order valence-corrected chi connectivity index (χ2v) is 6.57. The van der Waals surface area contributed by atoms with Crippen LogP contribution in [0.15, 0.2) is 0 Å². The number of rotatable bonds is 3. The maximum absolute atomic E-state index is 5.41. The van der Waals surface area contributed by atoms with Crippen LogP contribution < -0.4 is 20.9 Å². The third-order valence-corrected chi connectivity index (χ3v) is 4.15. The van der Waals surface area contributed by atoms with Crippen molar-refractivity contribution in [3.8, 4) is 6.01 Å². The maximum atomic E-state index is 5.41. The summed E-state index contributed by atoms with van der Waals surface area (Å²) in [5, 5.41) is 0. The SMILES string of the molecule is COc1nc(NN)nc(N2CCCC(C(C)(C)C)CC2)n1. The molecular weight excluding hydrogens is 268 g/mol. The second kappa shape index (κ2) is 6.43. The Kier molecular flexibility index (Phi) is 4.82. The zero-order valence-electron chi connectivity index (χ0n) is 13.4. The van der Waals surface area contributed by atoms with Crippen LogP contribution in [0.5, 0.6) is 6.01 Å². The average Bonchev–Trinajstić information content (AvgIpc) is 2.72. The van der Waals surface area contributed by atoms with E-state index in [1.165, 1.54) is 13.5 Å². The Balaban J connectivity index is 2.15. The minimum absolute atomic E-state index is 0.282. The van der Waals surface area contributed by atoms with Crippen LogP contribution in [0, 0.1) is 11.3 Å². The first-order chi connectivity index (χ1) is 9.94. The smallest absolute Gasteiger partial charge is 0.322 e. The molecule has 7 heteroatoms. The van der Waals surface area contributed by atoms with Crippen LogP contribution in [0.3, 0.4) is 0 Å². The first kappa shape index (κ1) is 15.8. The molecule has 0 aromatic carbocycles. The van der Waals surface area contributed by atoms with Gasteiger partial charge in [-0.05, 0) is 30.6 Å². The predicted molar refractivity (Wildman–Crippen MR) is 83.2 cm³/mol. The van der Waals surface area contributed by atoms with E-state index in [0.29, 0.717) is 17.3 Å². The van der Waals surface area contributed by atoms with Crippen LogP contribution in [0.4, 0.5) is 11.9 Å². The van der Waals surface area contributed by atoms with Gasteiger partial charge in [0.1, 0.15) is 0 Å². The molecule has 1 aromatic rings. The minimum atomic E-state index is 0.282. The van der Waals surface area contributed by atoms with Crippen molar-refractivity contribution in [2.45, 2.75) is 40.0 Å². The molecule has 21 heavy (non-hydrogen) atoms. The number of hydrazine groups is 1. The number of hydrogen-bond acceptors (Lipinski definition) is 7. The summed E-state index contributed by atoms with van der Waals surface area (Å²) < 4.78 is 5.11. The Morgan fingerprint density at radius 2 is 1.95 bits per heavy atom. The molecule has 0 spiro atoms. The van der Waals surface area contributed by atoms with Crippen LogP contribution in [-0.4, -0.2) is 35.2 Å². The Morgan fingerprint density at radius 1 is 1.19 bits per heavy atom. The number of nitrogen functional groups attached to an aromatic ring is 1. The quantitative estimate of drug-likeness (QED) is 0.649. The minimum Gasteiger partial charge on any atom is -0.467 e. The van der Waals surface area contributed by atoms with E-state index in [9.17, 15) is 0 Å². The third-order valence-electron chi connectivity index (χ3n) is 4.15. The van der Waals surface area contributed by atoms with Gasteiger partial charge in [0.15, 0.2) is 0 Å². The average molecular weight is 294 g/mol. The summed E-state index contributed by atoms with van der Waals surface area (Å²) >= 11 is 0. The molecular formula is C14H26N6O. The van der Waals surface area contributed by atoms with Gasteiger partial charge < -0.3 is 9.64 Å². The molecule has 2 heterocycles. The Bertz CT molecular complexity index is 451. The topological polar surface area (TPSA) is 89.2 Å². The maximum Gasteiger partial charge on any atom is 0.322 e. The van der Waals surface area contributed by atoms with Gasteiger partial charge in [0, 0.05) is 13.1 Å². The highest BCUT2D eigenvalue weighted by molar-refractivity contribution is 5.37. The molecule has 1 saturated heterocycles. The third kappa shape index (κ3) is 3.93. The summed E-state index contributed by atoms with van der Waals surface area (Å²) in [6.07, 6.45) is 3.52. The monoisotopic (exact) mass is 294 g/mol. The number of nitrogens with zero attached hydrogens (tertiary/aromatic N) is 4. The zero-order valence-corrected chi connectivity index (χ0v) is 13.4. The highest BCUT2D eigenvalue weighted by atomic mass is 16.5. The summed E-state index contributed by atoms with van der Waals surface area (Å²) in [6.45, 7) is 8.84. The lowest BCUT2D eigenvalue weighted by atomic mass is 9.77. The lowest BCUT2D eigenvalue weighted by Crippen LogP contribution is -2.28. The number of hydrogen-bond donors (Lipinski definition) is 2. The molecule has 0 aliphatic carbocycles. The zero-order chi connectivity index (χ0) is 15.5. The van der Waals surface area contributed by atoms with Crippen LogP contribution in [-0.2, 0) is 0 Å². The molecule has 0 amide bonds. The molecule has 2 rings (SSSR count). The summed E-state index contributed by atoms with van der Waals surface area (Å²) in [4.78, 5) is 14.9. The van der Waals surface area contributed by atoms with Crippen molar-refractivity contribution in [3.63, 3.8) is 0 Å². The lowest BCUT2D eigenvalue weighted by Gasteiger charge is -2.29. The lowest BCUT2D eigenvalue weighted by molar-refractivity contribution is 0.220. The number of aromatic nitrogens is 3. The molecule has 1 fully saturated rings. The van der Waals surface area contributed by atoms with Crippen molar-refractivity contribution in [1.82, 2.24) is 15.0 Å². The van der Waals surface area contributed by atoms with Crippen LogP contribution >= 0.6 is 0 Å². The number of nitrogens with two attached hydrogens (primary N) is 1. The summed E-state index contributed by atoms with van der Waals surface area (Å²) in [5.41, 5.74) is 2.80. The van der Waals surface area contributed by atoms with E-state index in [1.54, 1.807) is 0 Å². The largest absolute Gasteiger partial charge is 0.467 e. The van der Waals surface area contributed by atoms with Gasteiger partial charge in [-0.25, -0.2) is 5.84 Å². The van der Waals surface area contributed by atoms with Gasteiger partial charge in [-0.15, -0.1) is 0 Å². The fourth-order valence-electron chi connectivity index (χ4n) is 2.81. The second-order valence-electron chi connectivity index (χ2n) is 6.57. The Labute approximate surface area is 126 Å². The molecule has 1 aliphatic rings. The normalized spacial score (nSPS) is 20.0. The summed E-state index contributed by atoms with van der Waals surface area (Å²) in [6, 6.07) is 0.282. The molecule has 1 aromatic heterocycles. The molecule has 1 atom stereocenters. The molecule has 118 valence electrons. The number of ether oxygens (including phenoxy) is 1. The van der Waals surface area contributed by atoms with E-state index in [0.717, 1.165) is 31.8 Å². The Morgan fingerprint density at radius 3 is 2.57 bits per heavy atom. The van der Waals surface area contributed by atoms with E-state index in [4.69, 9.17) is 10.6 Å². The molecule has 0 saturated carbocycles. The molecule has 1 aliphatic heterocycles. The number of nitrogens with one attached hydrogen (secondary N) is 1. The standard InChI is InChI=1S/C14H26N6O/c1-14(2,3)10-6-5-8-20(9-7-10)12-16-11(19-15)17-13(18-12)21-4/h10H,5-9,15H2,1-4H3,(H,16,17,18,19). The van der Waals surface area contributed by atoms with Crippen molar-refractivity contribution in [1.29, 1.82) is 0 Å². The van der Waals surface area contributed by atoms with E-state index < -0.39 is 0 Å². The number of anilines is 2. The van der Waals surface area contributed by atoms with Gasteiger partial charge in [0.25, 0.3) is 0 Å². The van der Waals surface area contributed by atoms with Crippen LogP contribution in [0.2, 0.25) is 0 Å². The van der Waals surface area contributed by atoms with Crippen LogP contribution in [0.25, 0.3) is 0 Å². The van der Waals surface area contributed by atoms with E-state index in [2.05, 4.69) is 46.0 Å². The van der Waals surface area contributed by atoms with E-state index in [1.807, 2.05) is 0 Å². The van der Waals surface area contributed by atoms with E-state index >= 15 is 0 Å². The molecule has 7 nitrogen and oxygen atoms in total. The summed E-state index contributed by atoms with van der Waals surface area (Å²) in [7, 11) is 1.54. The van der Waals surface area contributed by atoms with Gasteiger partial charge in [-0.2, -0.15) is 15.0 Å². The Hall–Kier alpha value is -1.63. The van der Waals surface area contributed by atoms with Crippen molar-refractivity contribution >= 4 is 11.9 Å². The van der Waals surface area contributed by atoms with Crippen molar-refractivity contribution < 1.29 is 4.74 Å². The van der Waals surface area contributed by atoms with Crippen molar-refractivity contribution in [3.05, 3.63) is 0 Å². The molecule has 0 bridgehead atoms. The van der Waals surface area contributed by atoms with Crippen molar-refractivity contribution in [2.24, 2.45) is 17.2 Å². The van der Waals surface area contributed by atoms with Gasteiger partial charge in [-0.1, -0.05) is 20.8 Å². The molecule has 0 radical (unpaired) electrons. The fraction of sp³-hybridized carbons (Fsp3) is 0.786. The predicted octanol–water partition coefficient (Wildman–Crippen LogP) is 1.82. The molecule has 3 N–H and O–H groups in total. The van der Waals surface area contributed by atoms with Gasteiger partial charge in [0.05, 0.1) is 7.11 Å². The fourth-order valence-corrected chi connectivity index (χ4v) is 2.81. The molecule has 1 unspecified atom stereocenters.